The van der Waals surface area contributed by atoms with Crippen molar-refractivity contribution in [1.82, 2.24) is 4.72 Å². The van der Waals surface area contributed by atoms with Crippen LogP contribution in [0, 0.1) is 0 Å². The zero-order chi connectivity index (χ0) is 20.1. The minimum absolute atomic E-state index is 0.119. The Kier molecular flexibility index (Phi) is 11.4. The molecule has 0 saturated heterocycles. The van der Waals surface area contributed by atoms with E-state index < -0.39 is 22.4 Å². The fraction of sp³-hybridized carbons (Fsp3) is 0.611. The number of carboxylic acids is 1. The van der Waals surface area contributed by atoms with Gasteiger partial charge in [0.15, 0.2) is 0 Å². The summed E-state index contributed by atoms with van der Waals surface area (Å²) >= 11 is 1.44. The molecule has 1 unspecified atom stereocenters. The van der Waals surface area contributed by atoms with E-state index >= 15 is 0 Å². The lowest BCUT2D eigenvalue weighted by Crippen LogP contribution is -2.28. The molecular weight excluding hydrogens is 393 g/mol. The zero-order valence-electron chi connectivity index (χ0n) is 15.5. The van der Waals surface area contributed by atoms with Gasteiger partial charge >= 0.3 is 12.3 Å². The Labute approximate surface area is 164 Å². The average molecular weight is 422 g/mol. The number of alkyl halides is 1. The quantitative estimate of drug-likeness (QED) is 0.330. The number of carboxylic acid groups (broad SMARTS) is 1. The summed E-state index contributed by atoms with van der Waals surface area (Å²) in [7, 11) is -3.24. The lowest BCUT2D eigenvalue weighted by Gasteiger charge is -2.09. The Hall–Kier alpha value is -1.32. The van der Waals surface area contributed by atoms with Crippen LogP contribution in [-0.4, -0.2) is 43.9 Å². The van der Waals surface area contributed by atoms with Crippen molar-refractivity contribution in [3.05, 3.63) is 24.3 Å². The van der Waals surface area contributed by atoms with Gasteiger partial charge in [0.2, 0.25) is 10.0 Å². The number of unbranched alkanes of at least 4 members (excludes halogenated alkanes) is 5. The van der Waals surface area contributed by atoms with E-state index in [4.69, 9.17) is 5.11 Å². The van der Waals surface area contributed by atoms with Crippen molar-refractivity contribution in [2.45, 2.75) is 56.7 Å². The minimum Gasteiger partial charge on any atom is -0.476 e. The van der Waals surface area contributed by atoms with E-state index in [9.17, 15) is 17.6 Å². The predicted octanol–water partition coefficient (Wildman–Crippen LogP) is 3.82. The van der Waals surface area contributed by atoms with E-state index in [0.29, 0.717) is 18.7 Å². The highest BCUT2D eigenvalue weighted by molar-refractivity contribution is 7.99. The predicted molar refractivity (Wildman–Crippen MR) is 105 cm³/mol. The second kappa shape index (κ2) is 13.0. The van der Waals surface area contributed by atoms with E-state index in [1.807, 2.05) is 0 Å². The fourth-order valence-corrected chi connectivity index (χ4v) is 4.33. The highest BCUT2D eigenvalue weighted by Crippen LogP contribution is 2.22. The number of nitrogens with one attached hydrogen (secondary N) is 1. The molecule has 1 aromatic carbocycles. The Balaban J connectivity index is 2.22. The first kappa shape index (κ1) is 23.7. The van der Waals surface area contributed by atoms with E-state index in [1.165, 1.54) is 36.7 Å². The van der Waals surface area contributed by atoms with Crippen LogP contribution in [0.2, 0.25) is 0 Å². The van der Waals surface area contributed by atoms with Gasteiger partial charge in [-0.15, -0.1) is 11.8 Å². The van der Waals surface area contributed by atoms with Gasteiger partial charge in [-0.1, -0.05) is 39.0 Å². The number of carbonyl (C=O) groups is 1. The molecule has 1 atom stereocenters. The van der Waals surface area contributed by atoms with Gasteiger partial charge in [0.1, 0.15) is 5.75 Å². The molecule has 0 aromatic heterocycles. The summed E-state index contributed by atoms with van der Waals surface area (Å²) in [5.74, 6) is -0.851. The van der Waals surface area contributed by atoms with E-state index in [2.05, 4.69) is 16.4 Å². The summed E-state index contributed by atoms with van der Waals surface area (Å²) in [5.41, 5.74) is 0. The molecule has 0 fully saturated rings. The molecule has 2 N–H and O–H groups in total. The largest absolute Gasteiger partial charge is 0.476 e. The molecule has 0 saturated carbocycles. The molecule has 1 aromatic rings. The number of halogens is 1. The summed E-state index contributed by atoms with van der Waals surface area (Å²) in [6.07, 6.45) is 3.83. The van der Waals surface area contributed by atoms with Crippen LogP contribution in [0.1, 0.15) is 45.4 Å². The third kappa shape index (κ3) is 11.2. The first-order valence-electron chi connectivity index (χ1n) is 9.08. The number of rotatable bonds is 15. The van der Waals surface area contributed by atoms with Crippen LogP contribution in [0.3, 0.4) is 0 Å². The third-order valence-corrected chi connectivity index (χ3v) is 6.20. The number of sulfonamides is 1. The molecule has 6 nitrogen and oxygen atoms in total. The summed E-state index contributed by atoms with van der Waals surface area (Å²) in [6.45, 7) is 2.47. The van der Waals surface area contributed by atoms with Crippen LogP contribution in [0.15, 0.2) is 29.2 Å². The van der Waals surface area contributed by atoms with Gasteiger partial charge < -0.3 is 9.84 Å². The minimum atomic E-state index is -3.24. The molecule has 0 aliphatic carbocycles. The first-order valence-corrected chi connectivity index (χ1v) is 11.7. The van der Waals surface area contributed by atoms with E-state index in [1.54, 1.807) is 12.1 Å². The average Bonchev–Trinajstić information content (AvgIpc) is 2.63. The number of aliphatic carboxylic acids is 1. The van der Waals surface area contributed by atoms with Crippen LogP contribution in [0.4, 0.5) is 4.39 Å². The van der Waals surface area contributed by atoms with Crippen molar-refractivity contribution in [2.75, 3.05) is 18.1 Å². The second-order valence-corrected chi connectivity index (χ2v) is 9.17. The van der Waals surface area contributed by atoms with Crippen LogP contribution < -0.4 is 9.46 Å². The van der Waals surface area contributed by atoms with Crippen LogP contribution >= 0.6 is 11.8 Å². The first-order chi connectivity index (χ1) is 12.8. The van der Waals surface area contributed by atoms with Gasteiger partial charge in [-0.05, 0) is 30.7 Å². The Morgan fingerprint density at radius 2 is 1.81 bits per heavy atom. The highest BCUT2D eigenvalue weighted by atomic mass is 32.2. The molecular formula is C18H28FNO5S2. The zero-order valence-corrected chi connectivity index (χ0v) is 17.2. The van der Waals surface area contributed by atoms with E-state index in [0.717, 1.165) is 24.2 Å². The Bertz CT molecular complexity index is 652. The highest BCUT2D eigenvalue weighted by Gasteiger charge is 2.17. The molecule has 27 heavy (non-hydrogen) atoms. The number of hydrogen-bond donors (Lipinski definition) is 2. The Morgan fingerprint density at radius 1 is 1.19 bits per heavy atom. The second-order valence-electron chi connectivity index (χ2n) is 6.07. The topological polar surface area (TPSA) is 92.7 Å². The van der Waals surface area contributed by atoms with Gasteiger partial charge in [0.25, 0.3) is 0 Å². The molecule has 0 spiro atoms. The Morgan fingerprint density at radius 3 is 2.44 bits per heavy atom. The molecule has 154 valence electrons. The fourth-order valence-electron chi connectivity index (χ4n) is 2.29. The normalized spacial score (nSPS) is 12.7. The maximum Gasteiger partial charge on any atom is 0.378 e. The SMILES string of the molecule is CCCCCCCCS(=O)(=O)NCCSc1ccc(OC(F)C(=O)O)cc1. The maximum atomic E-state index is 12.9. The van der Waals surface area contributed by atoms with Crippen molar-refractivity contribution >= 4 is 27.8 Å². The molecule has 9 heteroatoms. The van der Waals surface area contributed by atoms with E-state index in [-0.39, 0.29) is 11.5 Å². The third-order valence-electron chi connectivity index (χ3n) is 3.72. The van der Waals surface area contributed by atoms with Crippen LogP contribution in [0.5, 0.6) is 5.75 Å². The summed E-state index contributed by atoms with van der Waals surface area (Å²) in [4.78, 5) is 11.2. The maximum absolute atomic E-state index is 12.9. The van der Waals surface area contributed by atoms with Crippen molar-refractivity contribution in [3.8, 4) is 5.75 Å². The number of hydrogen-bond acceptors (Lipinski definition) is 5. The summed E-state index contributed by atoms with van der Waals surface area (Å²) in [5, 5.41) is 8.45. The van der Waals surface area contributed by atoms with Gasteiger partial charge in [-0.3, -0.25) is 0 Å². The van der Waals surface area contributed by atoms with Gasteiger partial charge in [-0.25, -0.2) is 17.9 Å². The van der Waals surface area contributed by atoms with Crippen molar-refractivity contribution in [1.29, 1.82) is 0 Å². The molecule has 0 aliphatic rings. The molecule has 0 bridgehead atoms. The smallest absolute Gasteiger partial charge is 0.378 e. The number of thioether (sulfide) groups is 1. The summed E-state index contributed by atoms with van der Waals surface area (Å²) < 4.78 is 44.0. The van der Waals surface area contributed by atoms with Crippen molar-refractivity contribution < 1.29 is 27.4 Å². The molecule has 0 heterocycles. The molecule has 0 amide bonds. The molecule has 1 rings (SSSR count). The number of ether oxygens (including phenoxy) is 1. The van der Waals surface area contributed by atoms with Crippen molar-refractivity contribution in [3.63, 3.8) is 0 Å². The van der Waals surface area contributed by atoms with Gasteiger partial charge in [-0.2, -0.15) is 4.39 Å². The number of benzene rings is 1. The van der Waals surface area contributed by atoms with Crippen LogP contribution in [-0.2, 0) is 14.8 Å². The summed E-state index contributed by atoms with van der Waals surface area (Å²) in [6, 6.07) is 6.28. The molecule has 0 radical (unpaired) electrons. The van der Waals surface area contributed by atoms with Gasteiger partial charge in [0, 0.05) is 17.2 Å². The lowest BCUT2D eigenvalue weighted by molar-refractivity contribution is -0.153. The lowest BCUT2D eigenvalue weighted by atomic mass is 10.1. The van der Waals surface area contributed by atoms with Crippen molar-refractivity contribution in [2.24, 2.45) is 0 Å². The molecule has 0 aliphatic heterocycles. The standard InChI is InChI=1S/C18H28FNO5S2/c1-2-3-4-5-6-7-14-27(23,24)20-12-13-26-16-10-8-15(9-11-16)25-17(19)18(21)22/h8-11,17,20H,2-7,12-14H2,1H3,(H,21,22). The van der Waals surface area contributed by atoms with Gasteiger partial charge in [0.05, 0.1) is 5.75 Å². The monoisotopic (exact) mass is 421 g/mol. The van der Waals surface area contributed by atoms with Crippen LogP contribution in [0.25, 0.3) is 0 Å².